The highest BCUT2D eigenvalue weighted by atomic mass is 28.4. The second kappa shape index (κ2) is 5.72. The van der Waals surface area contributed by atoms with Crippen molar-refractivity contribution >= 4 is 8.41 Å². The van der Waals surface area contributed by atoms with Crippen LogP contribution in [0.25, 0.3) is 0 Å². The molecular formula is C9H15FN2Si. The molecule has 0 aromatic carbocycles. The molecule has 0 aromatic heterocycles. The fourth-order valence-corrected chi connectivity index (χ4v) is 2.31. The first-order valence-electron chi connectivity index (χ1n) is 4.48. The molecule has 0 aliphatic rings. The van der Waals surface area contributed by atoms with Crippen LogP contribution in [0.5, 0.6) is 0 Å². The summed E-state index contributed by atoms with van der Waals surface area (Å²) < 4.78 is 13.4. The Morgan fingerprint density at radius 1 is 1.31 bits per heavy atom. The summed E-state index contributed by atoms with van der Waals surface area (Å²) in [6.45, 7) is 3.12. The van der Waals surface area contributed by atoms with Crippen molar-refractivity contribution < 1.29 is 4.11 Å². The third-order valence-corrected chi connectivity index (χ3v) is 4.09. The Hall–Kier alpha value is -0.873. The maximum absolute atomic E-state index is 13.4. The van der Waals surface area contributed by atoms with Crippen molar-refractivity contribution in [3.05, 3.63) is 0 Å². The molecule has 0 spiro atoms. The van der Waals surface area contributed by atoms with E-state index >= 15 is 0 Å². The molecule has 72 valence electrons. The molecule has 0 aliphatic heterocycles. The van der Waals surface area contributed by atoms with E-state index in [-0.39, 0.29) is 0 Å². The number of nitrogens with zero attached hydrogens (tertiary/aromatic N) is 2. The summed E-state index contributed by atoms with van der Waals surface area (Å²) in [7, 11) is -2.79. The molecule has 0 heterocycles. The van der Waals surface area contributed by atoms with Crippen molar-refractivity contribution in [3.8, 4) is 12.1 Å². The van der Waals surface area contributed by atoms with Gasteiger partial charge in [-0.05, 0) is 25.9 Å². The fraction of sp³-hybridized carbons (Fsp3) is 0.778. The molecule has 0 fully saturated rings. The average Bonchev–Trinajstić information content (AvgIpc) is 2.02. The quantitative estimate of drug-likeness (QED) is 0.387. The van der Waals surface area contributed by atoms with Crippen LogP contribution in [0.3, 0.4) is 0 Å². The lowest BCUT2D eigenvalue weighted by Gasteiger charge is -2.16. The minimum absolute atomic E-state index is 0.411. The van der Waals surface area contributed by atoms with Gasteiger partial charge < -0.3 is 4.11 Å². The standard InChI is InChI=1S/C9H15FN2Si/c1-13(2,10)9(8-12)6-4-3-5-7-11/h9H,3-6H2,1-2H3. The largest absolute Gasteiger partial charge is 0.313 e. The van der Waals surface area contributed by atoms with Crippen LogP contribution in [-0.2, 0) is 0 Å². The molecular weight excluding hydrogens is 183 g/mol. The third kappa shape index (κ3) is 5.38. The van der Waals surface area contributed by atoms with Crippen molar-refractivity contribution in [1.29, 1.82) is 10.5 Å². The molecule has 0 saturated heterocycles. The Morgan fingerprint density at radius 3 is 2.31 bits per heavy atom. The van der Waals surface area contributed by atoms with Crippen molar-refractivity contribution in [1.82, 2.24) is 0 Å². The highest BCUT2D eigenvalue weighted by Gasteiger charge is 2.32. The molecule has 13 heavy (non-hydrogen) atoms. The molecule has 1 unspecified atom stereocenters. The highest BCUT2D eigenvalue weighted by Crippen LogP contribution is 2.27. The first kappa shape index (κ1) is 12.1. The summed E-state index contributed by atoms with van der Waals surface area (Å²) in [5, 5.41) is 17.0. The van der Waals surface area contributed by atoms with Gasteiger partial charge in [-0.15, -0.1) is 0 Å². The van der Waals surface area contributed by atoms with Gasteiger partial charge in [-0.25, -0.2) is 0 Å². The Labute approximate surface area is 80.2 Å². The topological polar surface area (TPSA) is 47.6 Å². The number of unbranched alkanes of at least 4 members (excludes halogenated alkanes) is 2. The van der Waals surface area contributed by atoms with Gasteiger partial charge in [0.1, 0.15) is 0 Å². The van der Waals surface area contributed by atoms with Gasteiger partial charge in [0.25, 0.3) is 8.41 Å². The molecule has 2 nitrogen and oxygen atoms in total. The van der Waals surface area contributed by atoms with E-state index in [4.69, 9.17) is 10.5 Å². The number of nitriles is 2. The number of hydrogen-bond donors (Lipinski definition) is 0. The van der Waals surface area contributed by atoms with E-state index in [1.54, 1.807) is 13.1 Å². The Kier molecular flexibility index (Phi) is 5.33. The van der Waals surface area contributed by atoms with Gasteiger partial charge >= 0.3 is 0 Å². The molecule has 0 N–H and O–H groups in total. The number of hydrogen-bond acceptors (Lipinski definition) is 2. The first-order chi connectivity index (χ1) is 6.02. The van der Waals surface area contributed by atoms with E-state index in [0.29, 0.717) is 12.8 Å². The predicted octanol–water partition coefficient (Wildman–Crippen LogP) is 3.14. The number of halogens is 1. The molecule has 0 bridgehead atoms. The van der Waals surface area contributed by atoms with Gasteiger partial charge in [0, 0.05) is 6.42 Å². The molecule has 4 heteroatoms. The van der Waals surface area contributed by atoms with E-state index < -0.39 is 13.9 Å². The van der Waals surface area contributed by atoms with E-state index in [2.05, 4.69) is 0 Å². The second-order valence-electron chi connectivity index (χ2n) is 3.65. The van der Waals surface area contributed by atoms with Crippen molar-refractivity contribution in [3.63, 3.8) is 0 Å². The van der Waals surface area contributed by atoms with E-state index in [1.807, 2.05) is 12.1 Å². The summed E-state index contributed by atoms with van der Waals surface area (Å²) in [5.74, 6) is 0. The lowest BCUT2D eigenvalue weighted by Crippen LogP contribution is -2.25. The van der Waals surface area contributed by atoms with Crippen LogP contribution in [-0.4, -0.2) is 8.41 Å². The molecule has 1 atom stereocenters. The zero-order chi connectivity index (χ0) is 10.3. The zero-order valence-electron chi connectivity index (χ0n) is 8.18. The summed E-state index contributed by atoms with van der Waals surface area (Å²) in [6, 6.07) is 4.06. The van der Waals surface area contributed by atoms with Gasteiger partial charge in [0.2, 0.25) is 0 Å². The SMILES string of the molecule is C[Si](C)(F)C(C#N)CCCCC#N. The Bertz CT molecular complexity index is 221. The van der Waals surface area contributed by atoms with Crippen LogP contribution in [0, 0.1) is 22.7 Å². The molecule has 0 saturated carbocycles. The summed E-state index contributed by atoms with van der Waals surface area (Å²) in [4.78, 5) is 0. The molecule has 0 rings (SSSR count). The predicted molar refractivity (Wildman–Crippen MR) is 52.0 cm³/mol. The lowest BCUT2D eigenvalue weighted by molar-refractivity contribution is 0.656. The smallest absolute Gasteiger partial charge is 0.257 e. The summed E-state index contributed by atoms with van der Waals surface area (Å²) in [5.41, 5.74) is -0.411. The van der Waals surface area contributed by atoms with Crippen molar-refractivity contribution in [2.45, 2.75) is 44.3 Å². The van der Waals surface area contributed by atoms with Gasteiger partial charge in [-0.3, -0.25) is 0 Å². The van der Waals surface area contributed by atoms with Crippen LogP contribution >= 0.6 is 0 Å². The van der Waals surface area contributed by atoms with E-state index in [0.717, 1.165) is 12.8 Å². The van der Waals surface area contributed by atoms with Gasteiger partial charge in [0.15, 0.2) is 0 Å². The van der Waals surface area contributed by atoms with Gasteiger partial charge in [0.05, 0.1) is 17.7 Å². The van der Waals surface area contributed by atoms with Crippen LogP contribution in [0.1, 0.15) is 25.7 Å². The maximum Gasteiger partial charge on any atom is 0.257 e. The zero-order valence-corrected chi connectivity index (χ0v) is 9.18. The molecule has 0 radical (unpaired) electrons. The van der Waals surface area contributed by atoms with Gasteiger partial charge in [-0.1, -0.05) is 6.42 Å². The van der Waals surface area contributed by atoms with Crippen molar-refractivity contribution in [2.24, 2.45) is 0 Å². The van der Waals surface area contributed by atoms with Crippen molar-refractivity contribution in [2.75, 3.05) is 0 Å². The number of rotatable bonds is 5. The van der Waals surface area contributed by atoms with E-state index in [1.165, 1.54) is 0 Å². The van der Waals surface area contributed by atoms with Crippen LogP contribution in [0.4, 0.5) is 4.11 Å². The maximum atomic E-state index is 13.4. The summed E-state index contributed by atoms with van der Waals surface area (Å²) in [6.07, 6.45) is 2.67. The minimum Gasteiger partial charge on any atom is -0.313 e. The molecule has 0 aliphatic carbocycles. The monoisotopic (exact) mass is 198 g/mol. The lowest BCUT2D eigenvalue weighted by atomic mass is 10.1. The highest BCUT2D eigenvalue weighted by molar-refractivity contribution is 6.72. The molecule has 0 amide bonds. The normalized spacial score (nSPS) is 13.0. The Morgan fingerprint density at radius 2 is 1.92 bits per heavy atom. The third-order valence-electron chi connectivity index (χ3n) is 2.02. The van der Waals surface area contributed by atoms with Crippen LogP contribution < -0.4 is 0 Å². The second-order valence-corrected chi connectivity index (χ2v) is 7.48. The van der Waals surface area contributed by atoms with E-state index in [9.17, 15) is 4.11 Å². The molecule has 0 aromatic rings. The van der Waals surface area contributed by atoms with Crippen LogP contribution in [0.15, 0.2) is 0 Å². The van der Waals surface area contributed by atoms with Gasteiger partial charge in [-0.2, -0.15) is 10.5 Å². The minimum atomic E-state index is -2.79. The Balaban J connectivity index is 3.77. The van der Waals surface area contributed by atoms with Crippen LogP contribution in [0.2, 0.25) is 18.6 Å². The fourth-order valence-electron chi connectivity index (χ4n) is 1.11. The summed E-state index contributed by atoms with van der Waals surface area (Å²) >= 11 is 0. The first-order valence-corrected chi connectivity index (χ1v) is 7.43. The average molecular weight is 198 g/mol.